The Bertz CT molecular complexity index is 854. The molecule has 4 rings (SSSR count). The Morgan fingerprint density at radius 3 is 2.39 bits per heavy atom. The van der Waals surface area contributed by atoms with Gasteiger partial charge in [0.25, 0.3) is 0 Å². The van der Waals surface area contributed by atoms with E-state index in [1.165, 1.54) is 24.8 Å². The van der Waals surface area contributed by atoms with Crippen LogP contribution in [0.1, 0.15) is 77.2 Å². The molecule has 1 aromatic carbocycles. The molecule has 2 fully saturated rings. The Morgan fingerprint density at radius 2 is 1.74 bits per heavy atom. The van der Waals surface area contributed by atoms with Gasteiger partial charge >= 0.3 is 0 Å². The number of hydrogen-bond donors (Lipinski definition) is 1. The van der Waals surface area contributed by atoms with Crippen molar-refractivity contribution in [2.75, 3.05) is 13.1 Å². The number of piperidine rings is 1. The Balaban J connectivity index is 1.26. The van der Waals surface area contributed by atoms with E-state index < -0.39 is 0 Å². The molecule has 1 aliphatic carbocycles. The molecule has 31 heavy (non-hydrogen) atoms. The van der Waals surface area contributed by atoms with Crippen LogP contribution < -0.4 is 5.32 Å². The smallest absolute Gasteiger partial charge is 0.241 e. The normalized spacial score (nSPS) is 19.5. The van der Waals surface area contributed by atoms with Gasteiger partial charge < -0.3 is 9.84 Å². The predicted molar refractivity (Wildman–Crippen MR) is 121 cm³/mol. The van der Waals surface area contributed by atoms with Crippen molar-refractivity contribution >= 4 is 5.91 Å². The van der Waals surface area contributed by atoms with E-state index in [2.05, 4.69) is 65.4 Å². The zero-order valence-electron chi connectivity index (χ0n) is 19.2. The second-order valence-electron chi connectivity index (χ2n) is 10.2. The van der Waals surface area contributed by atoms with Gasteiger partial charge in [0.05, 0.1) is 6.54 Å². The third-order valence-corrected chi connectivity index (χ3v) is 6.75. The van der Waals surface area contributed by atoms with E-state index in [1.807, 2.05) is 0 Å². The quantitative estimate of drug-likeness (QED) is 0.754. The second kappa shape index (κ2) is 9.51. The summed E-state index contributed by atoms with van der Waals surface area (Å²) in [7, 11) is 0. The number of rotatable bonds is 5. The zero-order chi connectivity index (χ0) is 21.8. The van der Waals surface area contributed by atoms with Gasteiger partial charge in [-0.15, -0.1) is 0 Å². The Morgan fingerprint density at radius 1 is 1.06 bits per heavy atom. The Kier molecular flexibility index (Phi) is 6.75. The van der Waals surface area contributed by atoms with Crippen LogP contribution in [-0.2, 0) is 16.8 Å². The lowest BCUT2D eigenvalue weighted by molar-refractivity contribution is -0.127. The molecule has 0 unspecified atom stereocenters. The molecule has 2 heterocycles. The molecule has 0 bridgehead atoms. The highest BCUT2D eigenvalue weighted by atomic mass is 16.5. The first-order valence-electron chi connectivity index (χ1n) is 11.8. The van der Waals surface area contributed by atoms with Gasteiger partial charge in [-0.05, 0) is 49.8 Å². The molecule has 1 N–H and O–H groups in total. The summed E-state index contributed by atoms with van der Waals surface area (Å²) >= 11 is 0. The number of carbonyl (C=O) groups is 1. The number of carbonyl (C=O) groups excluding carboxylic acids is 1. The molecule has 6 nitrogen and oxygen atoms in total. The van der Waals surface area contributed by atoms with Gasteiger partial charge in [-0.1, -0.05) is 69.5 Å². The Labute approximate surface area is 185 Å². The fourth-order valence-electron chi connectivity index (χ4n) is 4.67. The van der Waals surface area contributed by atoms with Crippen molar-refractivity contribution in [2.24, 2.45) is 5.92 Å². The number of nitrogens with one attached hydrogen (secondary N) is 1. The molecule has 1 amide bonds. The number of nitrogens with zero attached hydrogens (tertiary/aromatic N) is 3. The van der Waals surface area contributed by atoms with Crippen LogP contribution in [-0.4, -0.2) is 40.1 Å². The molecule has 6 heteroatoms. The molecule has 2 aromatic rings. The van der Waals surface area contributed by atoms with Gasteiger partial charge in [-0.2, -0.15) is 4.98 Å². The van der Waals surface area contributed by atoms with Crippen molar-refractivity contribution in [1.82, 2.24) is 20.4 Å². The summed E-state index contributed by atoms with van der Waals surface area (Å²) in [5.74, 6) is 1.67. The third-order valence-electron chi connectivity index (χ3n) is 6.75. The molecule has 1 aromatic heterocycles. The van der Waals surface area contributed by atoms with Crippen LogP contribution in [0.25, 0.3) is 11.4 Å². The van der Waals surface area contributed by atoms with Gasteiger partial charge in [0.1, 0.15) is 0 Å². The highest BCUT2D eigenvalue weighted by Gasteiger charge is 2.27. The molecule has 0 atom stereocenters. The van der Waals surface area contributed by atoms with E-state index in [9.17, 15) is 4.79 Å². The van der Waals surface area contributed by atoms with E-state index in [0.717, 1.165) is 44.3 Å². The first kappa shape index (κ1) is 22.0. The van der Waals surface area contributed by atoms with Crippen molar-refractivity contribution < 1.29 is 9.32 Å². The standard InChI is InChI=1S/C25H36N4O2/c1-25(2,3)20-11-9-18(10-12-20)23-27-22(31-28-23)17-29-15-13-19(14-16-29)24(30)26-21-7-5-4-6-8-21/h9-12,19,21H,4-8,13-17H2,1-3H3,(H,26,30). The maximum Gasteiger partial charge on any atom is 0.241 e. The van der Waals surface area contributed by atoms with Crippen LogP contribution in [0.2, 0.25) is 0 Å². The van der Waals surface area contributed by atoms with Crippen LogP contribution in [0, 0.1) is 5.92 Å². The second-order valence-corrected chi connectivity index (χ2v) is 10.2. The van der Waals surface area contributed by atoms with Crippen molar-refractivity contribution in [1.29, 1.82) is 0 Å². The maximum atomic E-state index is 12.6. The lowest BCUT2D eigenvalue weighted by atomic mass is 9.87. The van der Waals surface area contributed by atoms with Gasteiger partial charge in [0.2, 0.25) is 17.6 Å². The minimum atomic E-state index is 0.125. The van der Waals surface area contributed by atoms with E-state index in [1.54, 1.807) is 0 Å². The Hall–Kier alpha value is -2.21. The van der Waals surface area contributed by atoms with E-state index in [0.29, 0.717) is 24.3 Å². The average Bonchev–Trinajstić information content (AvgIpc) is 3.23. The van der Waals surface area contributed by atoms with Crippen LogP contribution in [0.5, 0.6) is 0 Å². The molecule has 1 saturated heterocycles. The molecule has 0 spiro atoms. The SMILES string of the molecule is CC(C)(C)c1ccc(-c2noc(CN3CCC(C(=O)NC4CCCCC4)CC3)n2)cc1. The lowest BCUT2D eigenvalue weighted by Gasteiger charge is -2.32. The highest BCUT2D eigenvalue weighted by molar-refractivity contribution is 5.79. The van der Waals surface area contributed by atoms with E-state index >= 15 is 0 Å². The molecule has 0 radical (unpaired) electrons. The summed E-state index contributed by atoms with van der Waals surface area (Å²) in [5, 5.41) is 7.46. The first-order valence-corrected chi connectivity index (χ1v) is 11.8. The number of aromatic nitrogens is 2. The summed E-state index contributed by atoms with van der Waals surface area (Å²) in [6, 6.07) is 8.79. The number of amides is 1. The fourth-order valence-corrected chi connectivity index (χ4v) is 4.67. The van der Waals surface area contributed by atoms with Crippen LogP contribution in [0.15, 0.2) is 28.8 Å². The molecule has 1 aliphatic heterocycles. The van der Waals surface area contributed by atoms with Gasteiger partial charge in [-0.3, -0.25) is 9.69 Å². The maximum absolute atomic E-state index is 12.6. The average molecular weight is 425 g/mol. The molecule has 168 valence electrons. The van der Waals surface area contributed by atoms with Crippen molar-refractivity contribution in [2.45, 2.75) is 83.7 Å². The molecule has 2 aliphatic rings. The molecular weight excluding hydrogens is 388 g/mol. The van der Waals surface area contributed by atoms with Crippen LogP contribution >= 0.6 is 0 Å². The van der Waals surface area contributed by atoms with E-state index in [4.69, 9.17) is 4.52 Å². The molecular formula is C25H36N4O2. The number of likely N-dealkylation sites (tertiary alicyclic amines) is 1. The van der Waals surface area contributed by atoms with Gasteiger partial charge in [0, 0.05) is 17.5 Å². The summed E-state index contributed by atoms with van der Waals surface area (Å²) < 4.78 is 5.51. The fraction of sp³-hybridized carbons (Fsp3) is 0.640. The first-order chi connectivity index (χ1) is 14.9. The monoisotopic (exact) mass is 424 g/mol. The lowest BCUT2D eigenvalue weighted by Crippen LogP contribution is -2.44. The number of benzene rings is 1. The largest absolute Gasteiger partial charge is 0.353 e. The summed E-state index contributed by atoms with van der Waals surface area (Å²) in [4.78, 5) is 19.5. The summed E-state index contributed by atoms with van der Waals surface area (Å²) in [6.45, 7) is 9.04. The highest BCUT2D eigenvalue weighted by Crippen LogP contribution is 2.26. The van der Waals surface area contributed by atoms with Crippen LogP contribution in [0.4, 0.5) is 0 Å². The van der Waals surface area contributed by atoms with Crippen molar-refractivity contribution in [3.05, 3.63) is 35.7 Å². The summed E-state index contributed by atoms with van der Waals surface area (Å²) in [6.07, 6.45) is 7.88. The van der Waals surface area contributed by atoms with Crippen LogP contribution in [0.3, 0.4) is 0 Å². The van der Waals surface area contributed by atoms with E-state index in [-0.39, 0.29) is 17.2 Å². The third kappa shape index (κ3) is 5.73. The number of hydrogen-bond acceptors (Lipinski definition) is 5. The minimum Gasteiger partial charge on any atom is -0.353 e. The van der Waals surface area contributed by atoms with Crippen molar-refractivity contribution in [3.8, 4) is 11.4 Å². The van der Waals surface area contributed by atoms with Gasteiger partial charge in [0.15, 0.2) is 0 Å². The predicted octanol–water partition coefficient (Wildman–Crippen LogP) is 4.70. The zero-order valence-corrected chi connectivity index (χ0v) is 19.2. The molecule has 1 saturated carbocycles. The van der Waals surface area contributed by atoms with Gasteiger partial charge in [-0.25, -0.2) is 0 Å². The topological polar surface area (TPSA) is 71.3 Å². The minimum absolute atomic E-state index is 0.125. The summed E-state index contributed by atoms with van der Waals surface area (Å²) in [5.41, 5.74) is 2.39. The van der Waals surface area contributed by atoms with Crippen molar-refractivity contribution in [3.63, 3.8) is 0 Å².